The second-order valence-corrected chi connectivity index (χ2v) is 8.67. The number of furan rings is 1. The van der Waals surface area contributed by atoms with E-state index in [1.54, 1.807) is 4.90 Å². The van der Waals surface area contributed by atoms with Crippen LogP contribution in [0.15, 0.2) is 57.4 Å². The van der Waals surface area contributed by atoms with Gasteiger partial charge in [-0.25, -0.2) is 4.98 Å². The number of carbonyl (C=O) groups excluding carboxylic acids is 1. The standard InChI is InChI=1S/C22H22BrN3O2S/c1-3-25(4-2)11-12-26(22-24-17-10-9-16(23)14-20(17)29-22)21(27)19-13-15-7-5-6-8-18(15)28-19/h5-10,13-14H,3-4,11-12H2,1-2H3. The summed E-state index contributed by atoms with van der Waals surface area (Å²) in [6.45, 7) is 7.47. The first kappa shape index (κ1) is 20.1. The van der Waals surface area contributed by atoms with Crippen LogP contribution in [0.1, 0.15) is 24.4 Å². The molecule has 2 heterocycles. The maximum absolute atomic E-state index is 13.4. The molecule has 0 fully saturated rings. The van der Waals surface area contributed by atoms with E-state index >= 15 is 0 Å². The summed E-state index contributed by atoms with van der Waals surface area (Å²) >= 11 is 5.03. The van der Waals surface area contributed by atoms with Crippen LogP contribution in [0.4, 0.5) is 5.13 Å². The van der Waals surface area contributed by atoms with E-state index in [2.05, 4.69) is 34.7 Å². The molecule has 0 aliphatic rings. The van der Waals surface area contributed by atoms with Crippen LogP contribution in [0.3, 0.4) is 0 Å². The van der Waals surface area contributed by atoms with Crippen molar-refractivity contribution in [1.82, 2.24) is 9.88 Å². The third kappa shape index (κ3) is 4.22. The number of hydrogen-bond acceptors (Lipinski definition) is 5. The summed E-state index contributed by atoms with van der Waals surface area (Å²) in [5.41, 5.74) is 1.60. The van der Waals surface area contributed by atoms with Gasteiger partial charge in [0, 0.05) is 22.9 Å². The van der Waals surface area contributed by atoms with Gasteiger partial charge in [-0.3, -0.25) is 9.69 Å². The van der Waals surface area contributed by atoms with Crippen molar-refractivity contribution in [2.45, 2.75) is 13.8 Å². The van der Waals surface area contributed by atoms with E-state index in [0.29, 0.717) is 23.0 Å². The highest BCUT2D eigenvalue weighted by Gasteiger charge is 2.24. The summed E-state index contributed by atoms with van der Waals surface area (Å²) in [6.07, 6.45) is 0. The Morgan fingerprint density at radius 2 is 1.90 bits per heavy atom. The van der Waals surface area contributed by atoms with Crippen LogP contribution in [-0.2, 0) is 0 Å². The molecule has 0 N–H and O–H groups in total. The lowest BCUT2D eigenvalue weighted by Crippen LogP contribution is -2.38. The van der Waals surface area contributed by atoms with Gasteiger partial charge in [-0.15, -0.1) is 0 Å². The van der Waals surface area contributed by atoms with Crippen molar-refractivity contribution >= 4 is 59.5 Å². The van der Waals surface area contributed by atoms with Crippen molar-refractivity contribution in [2.24, 2.45) is 0 Å². The number of thiazole rings is 1. The highest BCUT2D eigenvalue weighted by molar-refractivity contribution is 9.10. The number of carbonyl (C=O) groups is 1. The van der Waals surface area contributed by atoms with Crippen LogP contribution in [0.25, 0.3) is 21.2 Å². The molecule has 0 unspecified atom stereocenters. The molecular weight excluding hydrogens is 450 g/mol. The number of benzene rings is 2. The van der Waals surface area contributed by atoms with Gasteiger partial charge in [0.15, 0.2) is 10.9 Å². The van der Waals surface area contributed by atoms with E-state index < -0.39 is 0 Å². The average Bonchev–Trinajstić information content (AvgIpc) is 3.34. The van der Waals surface area contributed by atoms with Crippen LogP contribution in [0.5, 0.6) is 0 Å². The Morgan fingerprint density at radius 3 is 2.66 bits per heavy atom. The van der Waals surface area contributed by atoms with Crippen LogP contribution >= 0.6 is 27.3 Å². The molecule has 2 aromatic carbocycles. The maximum Gasteiger partial charge on any atom is 0.295 e. The van der Waals surface area contributed by atoms with Crippen molar-refractivity contribution in [3.05, 3.63) is 58.8 Å². The van der Waals surface area contributed by atoms with Gasteiger partial charge in [-0.05, 0) is 43.4 Å². The Balaban J connectivity index is 1.70. The van der Waals surface area contributed by atoms with Crippen molar-refractivity contribution in [1.29, 1.82) is 0 Å². The highest BCUT2D eigenvalue weighted by Crippen LogP contribution is 2.32. The first-order valence-electron chi connectivity index (χ1n) is 9.68. The fourth-order valence-corrected chi connectivity index (χ4v) is 4.83. The number of para-hydroxylation sites is 1. The van der Waals surface area contributed by atoms with E-state index in [0.717, 1.165) is 39.7 Å². The Labute approximate surface area is 182 Å². The van der Waals surface area contributed by atoms with Gasteiger partial charge >= 0.3 is 0 Å². The number of anilines is 1. The highest BCUT2D eigenvalue weighted by atomic mass is 79.9. The zero-order chi connectivity index (χ0) is 20.4. The second kappa shape index (κ2) is 8.65. The minimum atomic E-state index is -0.161. The Bertz CT molecular complexity index is 1120. The quantitative estimate of drug-likeness (QED) is 0.342. The Hall–Kier alpha value is -2.22. The lowest BCUT2D eigenvalue weighted by atomic mass is 10.2. The van der Waals surface area contributed by atoms with Gasteiger partial charge in [0.25, 0.3) is 5.91 Å². The lowest BCUT2D eigenvalue weighted by Gasteiger charge is -2.24. The average molecular weight is 472 g/mol. The van der Waals surface area contributed by atoms with Crippen LogP contribution in [-0.4, -0.2) is 42.0 Å². The minimum absolute atomic E-state index is 0.161. The Kier molecular flexibility index (Phi) is 5.99. The van der Waals surface area contributed by atoms with Crippen LogP contribution in [0.2, 0.25) is 0 Å². The van der Waals surface area contributed by atoms with Crippen molar-refractivity contribution in [3.63, 3.8) is 0 Å². The fourth-order valence-electron chi connectivity index (χ4n) is 3.29. The van der Waals surface area contributed by atoms with Crippen molar-refractivity contribution in [3.8, 4) is 0 Å². The SMILES string of the molecule is CCN(CC)CCN(C(=O)c1cc2ccccc2o1)c1nc2ccc(Br)cc2s1. The lowest BCUT2D eigenvalue weighted by molar-refractivity contribution is 0.0959. The number of nitrogens with zero attached hydrogens (tertiary/aromatic N) is 3. The molecule has 4 rings (SSSR count). The molecule has 0 saturated heterocycles. The smallest absolute Gasteiger partial charge is 0.295 e. The second-order valence-electron chi connectivity index (χ2n) is 6.74. The predicted octanol–water partition coefficient (Wildman–Crippen LogP) is 5.79. The molecule has 0 atom stereocenters. The van der Waals surface area contributed by atoms with Gasteiger partial charge in [0.05, 0.1) is 10.2 Å². The van der Waals surface area contributed by atoms with Crippen LogP contribution < -0.4 is 4.90 Å². The van der Waals surface area contributed by atoms with E-state index in [9.17, 15) is 4.79 Å². The molecule has 0 aliphatic carbocycles. The molecule has 150 valence electrons. The molecule has 0 spiro atoms. The van der Waals surface area contributed by atoms with Crippen LogP contribution in [0, 0.1) is 0 Å². The topological polar surface area (TPSA) is 49.6 Å². The zero-order valence-electron chi connectivity index (χ0n) is 16.4. The van der Waals surface area contributed by atoms with Crippen molar-refractivity contribution < 1.29 is 9.21 Å². The monoisotopic (exact) mass is 471 g/mol. The van der Waals surface area contributed by atoms with E-state index in [-0.39, 0.29) is 5.91 Å². The molecule has 2 aromatic heterocycles. The third-order valence-electron chi connectivity index (χ3n) is 4.99. The number of likely N-dealkylation sites (N-methyl/N-ethyl adjacent to an activating group) is 1. The normalized spacial score (nSPS) is 11.6. The first-order valence-corrected chi connectivity index (χ1v) is 11.3. The number of fused-ring (bicyclic) bond motifs is 2. The molecule has 0 bridgehead atoms. The summed E-state index contributed by atoms with van der Waals surface area (Å²) in [7, 11) is 0. The number of halogens is 1. The largest absolute Gasteiger partial charge is 0.451 e. The molecule has 5 nitrogen and oxygen atoms in total. The molecule has 0 radical (unpaired) electrons. The zero-order valence-corrected chi connectivity index (χ0v) is 18.8. The fraction of sp³-hybridized carbons (Fsp3) is 0.273. The number of aromatic nitrogens is 1. The minimum Gasteiger partial charge on any atom is -0.451 e. The Morgan fingerprint density at radius 1 is 1.10 bits per heavy atom. The third-order valence-corrected chi connectivity index (χ3v) is 6.52. The summed E-state index contributed by atoms with van der Waals surface area (Å²) in [5, 5.41) is 1.61. The summed E-state index contributed by atoms with van der Waals surface area (Å²) in [4.78, 5) is 22.2. The maximum atomic E-state index is 13.4. The van der Waals surface area contributed by atoms with Crippen molar-refractivity contribution in [2.75, 3.05) is 31.1 Å². The van der Waals surface area contributed by atoms with Gasteiger partial charge in [0.2, 0.25) is 0 Å². The van der Waals surface area contributed by atoms with E-state index in [4.69, 9.17) is 9.40 Å². The molecular formula is C22H22BrN3O2S. The van der Waals surface area contributed by atoms with Gasteiger partial charge < -0.3 is 9.32 Å². The molecule has 29 heavy (non-hydrogen) atoms. The molecule has 0 aliphatic heterocycles. The molecule has 1 amide bonds. The number of amides is 1. The van der Waals surface area contributed by atoms with Gasteiger partial charge in [0.1, 0.15) is 5.58 Å². The molecule has 4 aromatic rings. The van der Waals surface area contributed by atoms with E-state index in [1.165, 1.54) is 11.3 Å². The number of rotatable bonds is 7. The molecule has 0 saturated carbocycles. The van der Waals surface area contributed by atoms with Gasteiger partial charge in [-0.2, -0.15) is 0 Å². The van der Waals surface area contributed by atoms with Gasteiger partial charge in [-0.1, -0.05) is 59.3 Å². The summed E-state index contributed by atoms with van der Waals surface area (Å²) in [6, 6.07) is 15.4. The first-order chi connectivity index (χ1) is 14.1. The van der Waals surface area contributed by atoms with E-state index in [1.807, 2.05) is 48.5 Å². The predicted molar refractivity (Wildman–Crippen MR) is 123 cm³/mol. The summed E-state index contributed by atoms with van der Waals surface area (Å²) in [5.74, 6) is 0.178. The molecule has 7 heteroatoms. The summed E-state index contributed by atoms with van der Waals surface area (Å²) < 4.78 is 7.89. The number of hydrogen-bond donors (Lipinski definition) is 0.